The van der Waals surface area contributed by atoms with Gasteiger partial charge in [0.1, 0.15) is 5.82 Å². The second kappa shape index (κ2) is 12.6. The van der Waals surface area contributed by atoms with Crippen molar-refractivity contribution in [1.82, 2.24) is 15.2 Å². The second-order valence-corrected chi connectivity index (χ2v) is 12.4. The summed E-state index contributed by atoms with van der Waals surface area (Å²) in [7, 11) is -3.90. The largest absolute Gasteiger partial charge is 0.351 e. The molecule has 0 saturated carbocycles. The van der Waals surface area contributed by atoms with Crippen molar-refractivity contribution in [3.05, 3.63) is 82.6 Å². The molecule has 1 aliphatic rings. The third kappa shape index (κ3) is 7.25. The van der Waals surface area contributed by atoms with Gasteiger partial charge in [-0.1, -0.05) is 33.3 Å². The van der Waals surface area contributed by atoms with E-state index in [0.717, 1.165) is 58.1 Å². The number of aromatic nitrogens is 1. The summed E-state index contributed by atoms with van der Waals surface area (Å²) < 4.78 is 42.9. The minimum Gasteiger partial charge on any atom is -0.351 e. The maximum Gasteiger partial charge on any atom is 0.261 e. The predicted molar refractivity (Wildman–Crippen MR) is 159 cm³/mol. The van der Waals surface area contributed by atoms with Crippen molar-refractivity contribution < 1.29 is 17.6 Å². The number of hydrogen-bond acceptors (Lipinski definition) is 7. The van der Waals surface area contributed by atoms with E-state index in [4.69, 9.17) is 4.98 Å². The molecule has 0 bridgehead atoms. The minimum atomic E-state index is -3.90. The Morgan fingerprint density at radius 3 is 2.51 bits per heavy atom. The highest BCUT2D eigenvalue weighted by atomic mass is 79.9. The molecule has 0 spiro atoms. The van der Waals surface area contributed by atoms with E-state index in [0.29, 0.717) is 18.7 Å². The zero-order chi connectivity index (χ0) is 26.7. The van der Waals surface area contributed by atoms with Gasteiger partial charge in [0.25, 0.3) is 15.9 Å². The van der Waals surface area contributed by atoms with Crippen LogP contribution in [0.5, 0.6) is 0 Å². The van der Waals surface area contributed by atoms with Gasteiger partial charge in [0.2, 0.25) is 0 Å². The fourth-order valence-electron chi connectivity index (χ4n) is 4.17. The van der Waals surface area contributed by atoms with Gasteiger partial charge in [0, 0.05) is 55.0 Å². The Morgan fingerprint density at radius 1 is 1.03 bits per heavy atom. The summed E-state index contributed by atoms with van der Waals surface area (Å²) in [5, 5.41) is 3.94. The van der Waals surface area contributed by atoms with Crippen LogP contribution in [0.4, 0.5) is 15.2 Å². The number of carbonyl (C=O) groups is 1. The molecular formula is C26H26BrClFN5O3S2. The number of piperazine rings is 1. The van der Waals surface area contributed by atoms with Gasteiger partial charge in [-0.3, -0.25) is 14.4 Å². The molecule has 39 heavy (non-hydrogen) atoms. The average Bonchev–Trinajstić information content (AvgIpc) is 3.32. The summed E-state index contributed by atoms with van der Waals surface area (Å²) >= 11 is 5.20. The van der Waals surface area contributed by atoms with Gasteiger partial charge in [-0.15, -0.1) is 12.4 Å². The number of carbonyl (C=O) groups excluding carboxylic acids is 1. The van der Waals surface area contributed by atoms with Crippen LogP contribution < -0.4 is 14.9 Å². The van der Waals surface area contributed by atoms with Gasteiger partial charge < -0.3 is 10.2 Å². The molecule has 1 aromatic heterocycles. The van der Waals surface area contributed by atoms with Crippen molar-refractivity contribution in [2.75, 3.05) is 48.9 Å². The number of sulfonamides is 1. The van der Waals surface area contributed by atoms with Crippen molar-refractivity contribution in [1.29, 1.82) is 0 Å². The van der Waals surface area contributed by atoms with E-state index in [1.807, 2.05) is 12.1 Å². The van der Waals surface area contributed by atoms with E-state index in [9.17, 15) is 17.6 Å². The maximum atomic E-state index is 13.1. The second-order valence-electron chi connectivity index (χ2n) is 8.83. The molecule has 1 fully saturated rings. The summed E-state index contributed by atoms with van der Waals surface area (Å²) in [6.45, 7) is 4.66. The third-order valence-electron chi connectivity index (χ3n) is 6.20. The first kappa shape index (κ1) is 29.2. The van der Waals surface area contributed by atoms with Gasteiger partial charge in [-0.05, 0) is 60.7 Å². The lowest BCUT2D eigenvalue weighted by Crippen LogP contribution is -2.48. The normalized spacial score (nSPS) is 14.2. The number of hydrogen-bond donors (Lipinski definition) is 2. The molecule has 5 rings (SSSR count). The molecule has 1 amide bonds. The summed E-state index contributed by atoms with van der Waals surface area (Å²) in [5.74, 6) is -0.807. The van der Waals surface area contributed by atoms with E-state index < -0.39 is 15.8 Å². The van der Waals surface area contributed by atoms with E-state index in [-0.39, 0.29) is 28.9 Å². The highest BCUT2D eigenvalue weighted by Crippen LogP contribution is 2.31. The molecule has 3 aromatic carbocycles. The van der Waals surface area contributed by atoms with Gasteiger partial charge in [0.05, 0.1) is 15.1 Å². The monoisotopic (exact) mass is 653 g/mol. The lowest BCUT2D eigenvalue weighted by atomic mass is 10.2. The standard InChI is InChI=1S/C26H25BrFN5O3S2.ClH/c27-19-4-9-23-24(17-19)37-26(30-23)33-14-12-32(13-15-33)11-10-29-25(34)18-2-1-3-21(16-18)31-38(35,36)22-7-5-20(28)6-8-22;/h1-9,16-17,31H,10-15H2,(H,29,34);1H. The number of nitrogens with one attached hydrogen (secondary N) is 2. The van der Waals surface area contributed by atoms with E-state index in [1.54, 1.807) is 29.5 Å². The lowest BCUT2D eigenvalue weighted by Gasteiger charge is -2.34. The first-order valence-electron chi connectivity index (χ1n) is 12.0. The number of benzene rings is 3. The van der Waals surface area contributed by atoms with Crippen LogP contribution in [0.15, 0.2) is 76.1 Å². The first-order valence-corrected chi connectivity index (χ1v) is 15.1. The van der Waals surface area contributed by atoms with Crippen LogP contribution in [0.3, 0.4) is 0 Å². The Balaban J connectivity index is 0.00000353. The highest BCUT2D eigenvalue weighted by Gasteiger charge is 2.20. The fraction of sp³-hybridized carbons (Fsp3) is 0.231. The highest BCUT2D eigenvalue weighted by molar-refractivity contribution is 9.10. The third-order valence-corrected chi connectivity index (χ3v) is 9.17. The lowest BCUT2D eigenvalue weighted by molar-refractivity contribution is 0.0948. The van der Waals surface area contributed by atoms with E-state index in [1.165, 1.54) is 18.2 Å². The van der Waals surface area contributed by atoms with Crippen LogP contribution in [-0.4, -0.2) is 63.5 Å². The number of halogens is 3. The number of fused-ring (bicyclic) bond motifs is 1. The molecule has 0 unspecified atom stereocenters. The van der Waals surface area contributed by atoms with E-state index in [2.05, 4.69) is 41.8 Å². The summed E-state index contributed by atoms with van der Waals surface area (Å²) in [6.07, 6.45) is 0. The molecular weight excluding hydrogens is 629 g/mol. The van der Waals surface area contributed by atoms with Crippen LogP contribution in [0, 0.1) is 5.82 Å². The molecule has 1 aliphatic heterocycles. The molecule has 2 N–H and O–H groups in total. The van der Waals surface area contributed by atoms with Crippen molar-refractivity contribution in [3.63, 3.8) is 0 Å². The van der Waals surface area contributed by atoms with Gasteiger partial charge in [-0.2, -0.15) is 0 Å². The van der Waals surface area contributed by atoms with Crippen molar-refractivity contribution >= 4 is 76.6 Å². The van der Waals surface area contributed by atoms with Crippen LogP contribution in [-0.2, 0) is 10.0 Å². The summed E-state index contributed by atoms with van der Waals surface area (Å²) in [4.78, 5) is 22.0. The Hall–Kier alpha value is -2.77. The van der Waals surface area contributed by atoms with Crippen molar-refractivity contribution in [2.45, 2.75) is 4.90 Å². The number of amides is 1. The fourth-order valence-corrected chi connectivity index (χ4v) is 6.78. The van der Waals surface area contributed by atoms with Crippen LogP contribution in [0.1, 0.15) is 10.4 Å². The van der Waals surface area contributed by atoms with Crippen molar-refractivity contribution in [3.8, 4) is 0 Å². The summed E-state index contributed by atoms with van der Waals surface area (Å²) in [5.41, 5.74) is 1.60. The Kier molecular flexibility index (Phi) is 9.44. The van der Waals surface area contributed by atoms with Gasteiger partial charge in [0.15, 0.2) is 5.13 Å². The number of anilines is 2. The molecule has 0 atom stereocenters. The maximum absolute atomic E-state index is 13.1. The quantitative estimate of drug-likeness (QED) is 0.279. The molecule has 13 heteroatoms. The topological polar surface area (TPSA) is 94.6 Å². The number of thiazole rings is 1. The van der Waals surface area contributed by atoms with Gasteiger partial charge >= 0.3 is 0 Å². The average molecular weight is 655 g/mol. The van der Waals surface area contributed by atoms with Crippen LogP contribution >= 0.6 is 39.7 Å². The summed E-state index contributed by atoms with van der Waals surface area (Å²) in [6, 6.07) is 16.9. The van der Waals surface area contributed by atoms with Crippen LogP contribution in [0.25, 0.3) is 10.2 Å². The molecule has 206 valence electrons. The molecule has 0 aliphatic carbocycles. The number of rotatable bonds is 8. The Bertz CT molecular complexity index is 1560. The zero-order valence-electron chi connectivity index (χ0n) is 20.6. The first-order chi connectivity index (χ1) is 18.3. The molecule has 1 saturated heterocycles. The number of nitrogens with zero attached hydrogens (tertiary/aromatic N) is 3. The Labute approximate surface area is 244 Å². The predicted octanol–water partition coefficient (Wildman–Crippen LogP) is 4.97. The van der Waals surface area contributed by atoms with Gasteiger partial charge in [-0.25, -0.2) is 17.8 Å². The van der Waals surface area contributed by atoms with E-state index >= 15 is 0 Å². The Morgan fingerprint density at radius 2 is 1.77 bits per heavy atom. The molecule has 8 nitrogen and oxygen atoms in total. The zero-order valence-corrected chi connectivity index (χ0v) is 24.7. The smallest absolute Gasteiger partial charge is 0.261 e. The minimum absolute atomic E-state index is 0. The molecule has 0 radical (unpaired) electrons. The molecule has 2 heterocycles. The van der Waals surface area contributed by atoms with Crippen molar-refractivity contribution in [2.24, 2.45) is 0 Å². The SMILES string of the molecule is Cl.O=C(NCCN1CCN(c2nc3ccc(Br)cc3s2)CC1)c1cccc(NS(=O)(=O)c2ccc(F)cc2)c1. The molecule has 4 aromatic rings. The van der Waals surface area contributed by atoms with Crippen LogP contribution in [0.2, 0.25) is 0 Å².